The quantitative estimate of drug-likeness (QED) is 0.655. The van der Waals surface area contributed by atoms with Crippen molar-refractivity contribution in [3.05, 3.63) is 33.9 Å². The van der Waals surface area contributed by atoms with Crippen LogP contribution in [-0.4, -0.2) is 30.0 Å². The zero-order valence-corrected chi connectivity index (χ0v) is 11.6. The first-order chi connectivity index (χ1) is 9.13. The van der Waals surface area contributed by atoms with Crippen molar-refractivity contribution in [3.8, 4) is 0 Å². The summed E-state index contributed by atoms with van der Waals surface area (Å²) in [6, 6.07) is 5.03. The van der Waals surface area contributed by atoms with Crippen molar-refractivity contribution in [2.45, 2.75) is 26.3 Å². The van der Waals surface area contributed by atoms with E-state index < -0.39 is 0 Å². The number of nitrogens with zero attached hydrogens (tertiary/aromatic N) is 2. The number of non-ortho nitro benzene ring substituents is 1. The summed E-state index contributed by atoms with van der Waals surface area (Å²) < 4.78 is 0. The van der Waals surface area contributed by atoms with Crippen LogP contribution in [0.3, 0.4) is 0 Å². The van der Waals surface area contributed by atoms with Gasteiger partial charge in [-0.2, -0.15) is 0 Å². The third-order valence-electron chi connectivity index (χ3n) is 3.91. The zero-order chi connectivity index (χ0) is 13.8. The van der Waals surface area contributed by atoms with Gasteiger partial charge >= 0.3 is 0 Å². The third kappa shape index (κ3) is 3.23. The molecule has 0 saturated carbocycles. The van der Waals surface area contributed by atoms with E-state index in [2.05, 4.69) is 17.1 Å². The average Bonchev–Trinajstić information content (AvgIpc) is 2.86. The van der Waals surface area contributed by atoms with Crippen LogP contribution in [0.25, 0.3) is 0 Å². The monoisotopic (exact) mass is 263 g/mol. The van der Waals surface area contributed by atoms with Crippen molar-refractivity contribution in [1.82, 2.24) is 4.90 Å². The Morgan fingerprint density at radius 1 is 1.53 bits per heavy atom. The molecule has 0 bridgehead atoms. The molecule has 1 aliphatic heterocycles. The molecular formula is C14H21N3O2. The highest BCUT2D eigenvalue weighted by molar-refractivity contribution is 5.55. The second-order valence-electron chi connectivity index (χ2n) is 5.15. The van der Waals surface area contributed by atoms with Gasteiger partial charge in [0.25, 0.3) is 5.69 Å². The van der Waals surface area contributed by atoms with Crippen molar-refractivity contribution in [1.29, 1.82) is 0 Å². The number of nitrogens with one attached hydrogen (secondary N) is 1. The highest BCUT2D eigenvalue weighted by atomic mass is 16.6. The van der Waals surface area contributed by atoms with Crippen molar-refractivity contribution in [2.24, 2.45) is 5.92 Å². The number of rotatable bonds is 5. The summed E-state index contributed by atoms with van der Waals surface area (Å²) in [5, 5.41) is 14.0. The Balaban J connectivity index is 2.14. The number of nitro benzene ring substituents is 1. The first-order valence-corrected chi connectivity index (χ1v) is 6.81. The molecule has 1 atom stereocenters. The normalized spacial score (nSPS) is 19.6. The van der Waals surface area contributed by atoms with E-state index in [4.69, 9.17) is 0 Å². The van der Waals surface area contributed by atoms with Gasteiger partial charge in [-0.1, -0.05) is 13.3 Å². The summed E-state index contributed by atoms with van der Waals surface area (Å²) in [5.41, 5.74) is 2.15. The molecule has 104 valence electrons. The molecule has 1 aliphatic rings. The van der Waals surface area contributed by atoms with Crippen LogP contribution in [0.5, 0.6) is 0 Å². The maximum atomic E-state index is 10.9. The molecule has 5 nitrogen and oxygen atoms in total. The van der Waals surface area contributed by atoms with Gasteiger partial charge in [-0.15, -0.1) is 0 Å². The van der Waals surface area contributed by atoms with E-state index in [0.29, 0.717) is 0 Å². The first kappa shape index (κ1) is 13.8. The fourth-order valence-electron chi connectivity index (χ4n) is 2.70. The predicted molar refractivity (Wildman–Crippen MR) is 76.3 cm³/mol. The first-order valence-electron chi connectivity index (χ1n) is 6.81. The molecule has 0 radical (unpaired) electrons. The summed E-state index contributed by atoms with van der Waals surface area (Å²) in [5.74, 6) is 0.775. The number of hydrogen-bond donors (Lipinski definition) is 1. The van der Waals surface area contributed by atoms with E-state index in [9.17, 15) is 10.1 Å². The largest absolute Gasteiger partial charge is 0.388 e. The lowest BCUT2D eigenvalue weighted by Gasteiger charge is -2.18. The lowest BCUT2D eigenvalue weighted by Crippen LogP contribution is -2.20. The van der Waals surface area contributed by atoms with E-state index in [0.717, 1.165) is 36.8 Å². The Morgan fingerprint density at radius 3 is 2.89 bits per heavy atom. The maximum absolute atomic E-state index is 10.9. The van der Waals surface area contributed by atoms with Gasteiger partial charge in [-0.3, -0.25) is 15.0 Å². The van der Waals surface area contributed by atoms with Gasteiger partial charge in [0.05, 0.1) is 4.92 Å². The summed E-state index contributed by atoms with van der Waals surface area (Å²) in [6.45, 7) is 5.20. The summed E-state index contributed by atoms with van der Waals surface area (Å²) in [6.07, 6.45) is 2.45. The van der Waals surface area contributed by atoms with E-state index in [1.54, 1.807) is 18.2 Å². The average molecular weight is 263 g/mol. The van der Waals surface area contributed by atoms with Gasteiger partial charge < -0.3 is 5.32 Å². The lowest BCUT2D eigenvalue weighted by atomic mass is 10.1. The number of hydrogen-bond acceptors (Lipinski definition) is 4. The molecule has 1 aromatic carbocycles. The Morgan fingerprint density at radius 2 is 2.32 bits per heavy atom. The van der Waals surface area contributed by atoms with Crippen LogP contribution in [0.15, 0.2) is 18.2 Å². The molecule has 19 heavy (non-hydrogen) atoms. The number of nitro groups is 1. The van der Waals surface area contributed by atoms with Crippen LogP contribution in [0.4, 0.5) is 11.4 Å². The minimum Gasteiger partial charge on any atom is -0.388 e. The summed E-state index contributed by atoms with van der Waals surface area (Å²) in [7, 11) is 1.85. The van der Waals surface area contributed by atoms with Crippen molar-refractivity contribution >= 4 is 11.4 Å². The molecule has 0 amide bonds. The zero-order valence-electron chi connectivity index (χ0n) is 11.6. The van der Waals surface area contributed by atoms with Gasteiger partial charge in [-0.05, 0) is 30.5 Å². The summed E-state index contributed by atoms with van der Waals surface area (Å²) >= 11 is 0. The van der Waals surface area contributed by atoms with Crippen LogP contribution < -0.4 is 5.32 Å². The van der Waals surface area contributed by atoms with Crippen LogP contribution in [0.2, 0.25) is 0 Å². The van der Waals surface area contributed by atoms with Crippen molar-refractivity contribution < 1.29 is 4.92 Å². The van der Waals surface area contributed by atoms with Crippen molar-refractivity contribution in [3.63, 3.8) is 0 Å². The molecule has 0 aromatic heterocycles. The Hall–Kier alpha value is -1.62. The molecule has 1 heterocycles. The van der Waals surface area contributed by atoms with E-state index >= 15 is 0 Å². The molecule has 0 aliphatic carbocycles. The number of anilines is 1. The van der Waals surface area contributed by atoms with E-state index in [-0.39, 0.29) is 10.6 Å². The van der Waals surface area contributed by atoms with Crippen LogP contribution >= 0.6 is 0 Å². The maximum Gasteiger partial charge on any atom is 0.269 e. The highest BCUT2D eigenvalue weighted by Crippen LogP contribution is 2.26. The molecule has 1 N–H and O–H groups in total. The Kier molecular flexibility index (Phi) is 4.37. The fourth-order valence-corrected chi connectivity index (χ4v) is 2.70. The highest BCUT2D eigenvalue weighted by Gasteiger charge is 2.22. The molecule has 0 spiro atoms. The van der Waals surface area contributed by atoms with Crippen LogP contribution in [-0.2, 0) is 6.54 Å². The van der Waals surface area contributed by atoms with Gasteiger partial charge in [0.1, 0.15) is 0 Å². The minimum atomic E-state index is -0.332. The third-order valence-corrected chi connectivity index (χ3v) is 3.91. The smallest absolute Gasteiger partial charge is 0.269 e. The SMILES string of the molecule is CCC1CCN(Cc2cc([N+](=O)[O-])ccc2NC)C1. The molecule has 2 rings (SSSR count). The molecule has 1 saturated heterocycles. The molecule has 1 aromatic rings. The van der Waals surface area contributed by atoms with Gasteiger partial charge in [0.2, 0.25) is 0 Å². The lowest BCUT2D eigenvalue weighted by molar-refractivity contribution is -0.384. The molecule has 1 unspecified atom stereocenters. The second-order valence-corrected chi connectivity index (χ2v) is 5.15. The molecular weight excluding hydrogens is 242 g/mol. The Bertz CT molecular complexity index is 462. The van der Waals surface area contributed by atoms with Crippen LogP contribution in [0.1, 0.15) is 25.3 Å². The van der Waals surface area contributed by atoms with Gasteiger partial charge in [-0.25, -0.2) is 0 Å². The van der Waals surface area contributed by atoms with E-state index in [1.165, 1.54) is 12.8 Å². The fraction of sp³-hybridized carbons (Fsp3) is 0.571. The second kappa shape index (κ2) is 6.02. The summed E-state index contributed by atoms with van der Waals surface area (Å²) in [4.78, 5) is 12.9. The van der Waals surface area contributed by atoms with E-state index in [1.807, 2.05) is 7.05 Å². The van der Waals surface area contributed by atoms with Crippen molar-refractivity contribution in [2.75, 3.05) is 25.5 Å². The standard InChI is InChI=1S/C14H21N3O2/c1-3-11-6-7-16(9-11)10-12-8-13(17(18)19)4-5-14(12)15-2/h4-5,8,11,15H,3,6-7,9-10H2,1-2H3. The number of benzene rings is 1. The minimum absolute atomic E-state index is 0.167. The van der Waals surface area contributed by atoms with Crippen LogP contribution in [0, 0.1) is 16.0 Å². The topological polar surface area (TPSA) is 58.4 Å². The molecule has 5 heteroatoms. The number of likely N-dealkylation sites (tertiary alicyclic amines) is 1. The van der Waals surface area contributed by atoms with Gasteiger partial charge in [0.15, 0.2) is 0 Å². The predicted octanol–water partition coefficient (Wildman–Crippen LogP) is 2.87. The Labute approximate surface area is 113 Å². The van der Waals surface area contributed by atoms with Gasteiger partial charge in [0, 0.05) is 38.0 Å². The molecule has 1 fully saturated rings.